The fraction of sp³-hybridized carbons (Fsp3) is 0.178. The van der Waals surface area contributed by atoms with Crippen LogP contribution in [-0.4, -0.2) is 79.0 Å². The van der Waals surface area contributed by atoms with E-state index < -0.39 is 28.2 Å². The molecular weight excluding hydrogens is 1000 g/mol. The second kappa shape index (κ2) is 8.51. The molecule has 0 radical (unpaired) electrons. The number of methoxy groups -OCH3 is 2. The van der Waals surface area contributed by atoms with Gasteiger partial charge >= 0.3 is 11.9 Å². The Labute approximate surface area is 444 Å². The molecule has 8 heteroatoms. The Morgan fingerprint density at radius 2 is 0.370 bits per heavy atom. The van der Waals surface area contributed by atoms with Gasteiger partial charge in [-0.15, -0.1) is 0 Å². The quantitative estimate of drug-likeness (QED) is 0.0461. The largest absolute Gasteiger partial charge is 0.462 e. The van der Waals surface area contributed by atoms with Crippen molar-refractivity contribution in [2.45, 2.75) is 10.8 Å². The number of rotatable bonds is 14. The van der Waals surface area contributed by atoms with Gasteiger partial charge in [0.1, 0.15) is 13.2 Å². The van der Waals surface area contributed by atoms with Crippen molar-refractivity contribution in [2.24, 2.45) is 5.41 Å². The van der Waals surface area contributed by atoms with E-state index >= 15 is 9.59 Å². The van der Waals surface area contributed by atoms with Crippen LogP contribution in [0.1, 0.15) is 22.3 Å². The maximum atomic E-state index is 17.3. The Morgan fingerprint density at radius 1 is 0.222 bits per heavy atom. The minimum atomic E-state index is -1.83. The summed E-state index contributed by atoms with van der Waals surface area (Å²) in [5, 5.41) is 78.4. The molecule has 0 amide bonds. The molecule has 0 heterocycles. The van der Waals surface area contributed by atoms with Crippen LogP contribution in [0.2, 0.25) is 0 Å². The molecule has 33 rings (SSSR count). The normalized spacial score (nSPS) is 19.0. The van der Waals surface area contributed by atoms with Gasteiger partial charge in [-0.1, -0.05) is 0 Å². The van der Waals surface area contributed by atoms with Crippen molar-refractivity contribution in [1.29, 1.82) is 0 Å². The summed E-state index contributed by atoms with van der Waals surface area (Å²) >= 11 is 0. The summed E-state index contributed by atoms with van der Waals surface area (Å²) in [4.78, 5) is 34.5. The third-order valence-corrected chi connectivity index (χ3v) is 26.8. The van der Waals surface area contributed by atoms with Crippen LogP contribution >= 0.6 is 0 Å². The predicted molar refractivity (Wildman–Crippen MR) is 324 cm³/mol. The van der Waals surface area contributed by atoms with Gasteiger partial charge in [0, 0.05) is 14.2 Å². The molecule has 2 spiro atoms. The number of hydrogen-bond donors (Lipinski definition) is 0. The third kappa shape index (κ3) is 2.05. The van der Waals surface area contributed by atoms with E-state index in [1.807, 2.05) is 0 Å². The van der Waals surface area contributed by atoms with Crippen LogP contribution in [0.25, 0.3) is 291 Å². The highest BCUT2D eigenvalue weighted by Crippen LogP contribution is 2.96. The summed E-state index contributed by atoms with van der Waals surface area (Å²) in [6.45, 7) is 1.99. The maximum absolute atomic E-state index is 17.3. The number of carbonyl (C=O) groups excluding carboxylic acids is 2. The average molecular weight is 1030 g/mol. The van der Waals surface area contributed by atoms with E-state index in [2.05, 4.69) is 0 Å². The highest BCUT2D eigenvalue weighted by molar-refractivity contribution is 6.82. The van der Waals surface area contributed by atoms with Crippen LogP contribution in [0.4, 0.5) is 0 Å². The highest BCUT2D eigenvalue weighted by Gasteiger charge is 3.01. The highest BCUT2D eigenvalue weighted by atomic mass is 16.6. The van der Waals surface area contributed by atoms with Crippen LogP contribution in [0.5, 0.6) is 0 Å². The van der Waals surface area contributed by atoms with Gasteiger partial charge in [-0.2, -0.15) is 0 Å². The Morgan fingerprint density at radius 3 is 0.531 bits per heavy atom. The van der Waals surface area contributed by atoms with E-state index in [0.717, 1.165) is 0 Å². The lowest BCUT2D eigenvalue weighted by Gasteiger charge is -2.32. The molecule has 8 nitrogen and oxygen atoms in total. The Hall–Kier alpha value is -8.76. The van der Waals surface area contributed by atoms with E-state index in [9.17, 15) is 0 Å². The molecule has 81 heavy (non-hydrogen) atoms. The molecule has 0 bridgehead atoms. The second-order valence-corrected chi connectivity index (χ2v) is 27.5. The van der Waals surface area contributed by atoms with Gasteiger partial charge in [-0.25, -0.2) is 0 Å². The number of ether oxygens (including phenoxy) is 6. The molecule has 5 aliphatic carbocycles. The number of benzene rings is 18. The number of esters is 2. The lowest BCUT2D eigenvalue weighted by Crippen LogP contribution is -2.39. The van der Waals surface area contributed by atoms with Crippen molar-refractivity contribution in [3.05, 3.63) is 22.3 Å². The smallest absolute Gasteiger partial charge is 0.326 e. The molecule has 1 fully saturated rings. The molecule has 5 aliphatic rings. The zero-order valence-corrected chi connectivity index (χ0v) is 42.4. The van der Waals surface area contributed by atoms with Gasteiger partial charge in [0.05, 0.1) is 50.5 Å². The van der Waals surface area contributed by atoms with E-state index in [0.29, 0.717) is 26.4 Å². The first-order chi connectivity index (χ1) is 40.2. The minimum absolute atomic E-state index is 0.00278. The zero-order valence-electron chi connectivity index (χ0n) is 42.4. The summed E-state index contributed by atoms with van der Waals surface area (Å²) in [5.74, 6) is -0.976. The molecule has 0 atom stereocenters. The van der Waals surface area contributed by atoms with Crippen LogP contribution in [0, 0.1) is 5.41 Å². The van der Waals surface area contributed by atoms with E-state index in [1.165, 1.54) is 302 Å². The van der Waals surface area contributed by atoms with Gasteiger partial charge < -0.3 is 28.4 Å². The first-order valence-electron chi connectivity index (χ1n) is 29.4. The standard InChI is InChI=1S/C73H22O8/c1-76-3-5-78-7-9-80-69(74)73(70(75)81-10-8-79-6-4-77-2)71-65-57-49-39-29-21-13-11-12-15-19-17(13)25-33-27(19)37-31-23(15)24-16(12)20-18-14(11)22(21)30-36-26(18)34-28(20)38-32(24)42-41(31)51-45(37)55-47(33)53(43(49)35(25)29)61(65)63(55)67-59(51)60-52(42)46(38)56-48(34)54-44(36)50(40(30)39)58(57)66(71)62(54)64(56)68(60)72(67,71)73/h3-10H2,1-2H3. The van der Waals surface area contributed by atoms with Crippen molar-refractivity contribution >= 4 is 303 Å². The molecule has 28 aromatic carbocycles. The zero-order chi connectivity index (χ0) is 50.0. The van der Waals surface area contributed by atoms with Gasteiger partial charge in [-0.05, 0) is 313 Å². The molecule has 0 unspecified atom stereocenters. The minimum Gasteiger partial charge on any atom is -0.462 e. The SMILES string of the molecule is COCCOCCOC(=O)C1(C(=O)OCCOCCOC)C23c4c5c6c7c8c9c(c%10c%11c2c2c4c4c%12c5c5c6c6c8c8c%13c9c9c%10c%10c%11c%11c2c2c4c4c%12c%12c5c5c6c8c6c8c%13c9c9c%10c%10c%11c2c2c4c4c%12c5c6c5c8c9c%10c2c45)C713. The van der Waals surface area contributed by atoms with Gasteiger partial charge in [-0.3, -0.25) is 9.59 Å². The third-order valence-electron chi connectivity index (χ3n) is 26.8. The number of carbonyl (C=O) groups is 2. The Bertz CT molecular complexity index is 6930. The van der Waals surface area contributed by atoms with E-state index in [-0.39, 0.29) is 26.4 Å². The molecule has 0 aliphatic heterocycles. The fourth-order valence-electron chi connectivity index (χ4n) is 26.3. The summed E-state index contributed by atoms with van der Waals surface area (Å²) in [7, 11) is 3.34. The van der Waals surface area contributed by atoms with Gasteiger partial charge in [0.25, 0.3) is 0 Å². The van der Waals surface area contributed by atoms with Crippen molar-refractivity contribution < 1.29 is 38.0 Å². The Balaban J connectivity index is 0.971. The van der Waals surface area contributed by atoms with Crippen molar-refractivity contribution in [2.75, 3.05) is 67.1 Å². The van der Waals surface area contributed by atoms with Gasteiger partial charge in [0.2, 0.25) is 0 Å². The molecule has 0 N–H and O–H groups in total. The van der Waals surface area contributed by atoms with Crippen LogP contribution in [-0.2, 0) is 48.8 Å². The second-order valence-electron chi connectivity index (χ2n) is 27.5. The number of hydrogen-bond acceptors (Lipinski definition) is 8. The van der Waals surface area contributed by atoms with Crippen molar-refractivity contribution in [3.8, 4) is 0 Å². The predicted octanol–water partition coefficient (Wildman–Crippen LogP) is 15.7. The summed E-state index contributed by atoms with van der Waals surface area (Å²) in [5.41, 5.74) is 0.709. The van der Waals surface area contributed by atoms with Crippen LogP contribution in [0.15, 0.2) is 0 Å². The summed E-state index contributed by atoms with van der Waals surface area (Å²) < 4.78 is 36.8. The molecule has 0 aromatic heterocycles. The monoisotopic (exact) mass is 1030 g/mol. The summed E-state index contributed by atoms with van der Waals surface area (Å²) in [6, 6.07) is 0. The lowest BCUT2D eigenvalue weighted by molar-refractivity contribution is -0.168. The topological polar surface area (TPSA) is 89.5 Å². The average Bonchev–Trinajstić information content (AvgIpc) is 1.48. The van der Waals surface area contributed by atoms with Crippen molar-refractivity contribution in [3.63, 3.8) is 0 Å². The maximum Gasteiger partial charge on any atom is 0.326 e. The van der Waals surface area contributed by atoms with Crippen molar-refractivity contribution in [1.82, 2.24) is 0 Å². The summed E-state index contributed by atoms with van der Waals surface area (Å²) in [6.07, 6.45) is 0. The lowest BCUT2D eigenvalue weighted by atomic mass is 9.68. The van der Waals surface area contributed by atoms with Crippen LogP contribution < -0.4 is 0 Å². The Kier molecular flexibility index (Phi) is 3.61. The first kappa shape index (κ1) is 34.4. The fourth-order valence-corrected chi connectivity index (χ4v) is 26.3. The molecule has 1 saturated carbocycles. The van der Waals surface area contributed by atoms with Crippen LogP contribution in [0.3, 0.4) is 0 Å². The molecular formula is C73H22O8. The first-order valence-corrected chi connectivity index (χ1v) is 29.4. The van der Waals surface area contributed by atoms with E-state index in [4.69, 9.17) is 28.4 Å². The van der Waals surface area contributed by atoms with E-state index in [1.54, 1.807) is 25.0 Å². The van der Waals surface area contributed by atoms with Gasteiger partial charge in [0.15, 0.2) is 5.41 Å². The molecule has 28 aromatic rings. The molecule has 362 valence electrons. The molecule has 0 saturated heterocycles.